The zero-order valence-corrected chi connectivity index (χ0v) is 14.5. The smallest absolute Gasteiger partial charge is 0.244 e. The molecule has 2 rings (SSSR count). The van der Waals surface area contributed by atoms with E-state index >= 15 is 0 Å². The van der Waals surface area contributed by atoms with Gasteiger partial charge in [-0.3, -0.25) is 4.79 Å². The maximum atomic E-state index is 12.0. The number of phenolic OH excluding ortho intramolecular Hbond substituents is 3. The van der Waals surface area contributed by atoms with Gasteiger partial charge in [0.05, 0.1) is 13.2 Å². The van der Waals surface area contributed by atoms with E-state index in [2.05, 4.69) is 5.32 Å². The molecule has 7 heteroatoms. The average Bonchev–Trinajstić information content (AvgIpc) is 2.64. The Bertz CT molecular complexity index is 803. The topological polar surface area (TPSA) is 108 Å². The molecule has 0 aliphatic rings. The lowest BCUT2D eigenvalue weighted by Crippen LogP contribution is -2.27. The summed E-state index contributed by atoms with van der Waals surface area (Å²) in [5, 5.41) is 31.2. The number of aromatic hydroxyl groups is 3. The third-order valence-electron chi connectivity index (χ3n) is 3.75. The Morgan fingerprint density at radius 2 is 1.81 bits per heavy atom. The molecular weight excluding hydrogens is 338 g/mol. The van der Waals surface area contributed by atoms with Crippen molar-refractivity contribution < 1.29 is 29.6 Å². The van der Waals surface area contributed by atoms with Crippen molar-refractivity contribution in [3.05, 3.63) is 53.6 Å². The molecule has 0 aliphatic heterocycles. The maximum Gasteiger partial charge on any atom is 0.244 e. The van der Waals surface area contributed by atoms with Crippen LogP contribution < -0.4 is 10.1 Å². The van der Waals surface area contributed by atoms with E-state index in [1.54, 1.807) is 24.3 Å². The third kappa shape index (κ3) is 4.90. The molecule has 2 aromatic rings. The van der Waals surface area contributed by atoms with E-state index < -0.39 is 6.10 Å². The number of hydrogen-bond donors (Lipinski definition) is 4. The van der Waals surface area contributed by atoms with Gasteiger partial charge in [-0.25, -0.2) is 0 Å². The number of rotatable bonds is 7. The van der Waals surface area contributed by atoms with E-state index in [0.717, 1.165) is 0 Å². The van der Waals surface area contributed by atoms with Crippen LogP contribution in [0.25, 0.3) is 6.08 Å². The summed E-state index contributed by atoms with van der Waals surface area (Å²) in [6, 6.07) is 9.09. The van der Waals surface area contributed by atoms with Gasteiger partial charge in [0.2, 0.25) is 5.91 Å². The van der Waals surface area contributed by atoms with E-state index in [0.29, 0.717) is 16.9 Å². The minimum Gasteiger partial charge on any atom is -0.504 e. The summed E-state index contributed by atoms with van der Waals surface area (Å²) in [6.45, 7) is 0.183. The molecule has 7 nitrogen and oxygen atoms in total. The predicted molar refractivity (Wildman–Crippen MR) is 96.2 cm³/mol. The lowest BCUT2D eigenvalue weighted by molar-refractivity contribution is -0.117. The number of carbonyl (C=O) groups is 1. The molecule has 1 unspecified atom stereocenters. The monoisotopic (exact) mass is 359 g/mol. The van der Waals surface area contributed by atoms with Gasteiger partial charge in [-0.2, -0.15) is 0 Å². The highest BCUT2D eigenvalue weighted by Gasteiger charge is 2.13. The number of hydrogen-bond acceptors (Lipinski definition) is 6. The lowest BCUT2D eigenvalue weighted by Gasteiger charge is -2.16. The van der Waals surface area contributed by atoms with Gasteiger partial charge in [0.1, 0.15) is 0 Å². The van der Waals surface area contributed by atoms with Gasteiger partial charge in [0, 0.05) is 19.7 Å². The summed E-state index contributed by atoms with van der Waals surface area (Å²) in [7, 11) is 2.93. The third-order valence-corrected chi connectivity index (χ3v) is 3.75. The first-order valence-electron chi connectivity index (χ1n) is 7.82. The molecule has 0 saturated heterocycles. The first-order valence-corrected chi connectivity index (χ1v) is 7.82. The highest BCUT2D eigenvalue weighted by atomic mass is 16.5. The second-order valence-electron chi connectivity index (χ2n) is 5.48. The van der Waals surface area contributed by atoms with Crippen molar-refractivity contribution in [3.8, 4) is 23.0 Å². The summed E-state index contributed by atoms with van der Waals surface area (Å²) >= 11 is 0. The Morgan fingerprint density at radius 3 is 2.46 bits per heavy atom. The van der Waals surface area contributed by atoms with Gasteiger partial charge in [-0.15, -0.1) is 0 Å². The van der Waals surface area contributed by atoms with Crippen molar-refractivity contribution in [3.63, 3.8) is 0 Å². The molecule has 26 heavy (non-hydrogen) atoms. The largest absolute Gasteiger partial charge is 0.504 e. The number of carbonyl (C=O) groups excluding carboxylic acids is 1. The van der Waals surface area contributed by atoms with Crippen molar-refractivity contribution >= 4 is 12.0 Å². The predicted octanol–water partition coefficient (Wildman–Crippen LogP) is 2.33. The quantitative estimate of drug-likeness (QED) is 0.446. The van der Waals surface area contributed by atoms with E-state index in [1.165, 1.54) is 38.5 Å². The van der Waals surface area contributed by atoms with Crippen LogP contribution in [-0.2, 0) is 9.53 Å². The van der Waals surface area contributed by atoms with Gasteiger partial charge in [-0.05, 0) is 41.5 Å². The van der Waals surface area contributed by atoms with Gasteiger partial charge in [0.25, 0.3) is 0 Å². The molecule has 0 fully saturated rings. The van der Waals surface area contributed by atoms with E-state index in [9.17, 15) is 20.1 Å². The fraction of sp³-hybridized carbons (Fsp3) is 0.211. The molecule has 0 heterocycles. The van der Waals surface area contributed by atoms with E-state index in [-0.39, 0.29) is 29.7 Å². The number of benzene rings is 2. The van der Waals surface area contributed by atoms with Gasteiger partial charge >= 0.3 is 0 Å². The standard InChI is InChI=1S/C19H21NO6/c1-25-17-9-12(3-6-15(17)22)4-8-19(24)20-11-18(26-2)13-5-7-14(21)16(23)10-13/h3-10,18,21-23H,11H2,1-2H3,(H,20,24)/b8-4+. The molecule has 4 N–H and O–H groups in total. The molecule has 1 atom stereocenters. The zero-order chi connectivity index (χ0) is 19.1. The average molecular weight is 359 g/mol. The Kier molecular flexibility index (Phi) is 6.46. The van der Waals surface area contributed by atoms with Crippen LogP contribution in [0.15, 0.2) is 42.5 Å². The maximum absolute atomic E-state index is 12.0. The lowest BCUT2D eigenvalue weighted by atomic mass is 10.1. The second-order valence-corrected chi connectivity index (χ2v) is 5.48. The fourth-order valence-electron chi connectivity index (χ4n) is 2.30. The zero-order valence-electron chi connectivity index (χ0n) is 14.5. The fourth-order valence-corrected chi connectivity index (χ4v) is 2.30. The normalized spacial score (nSPS) is 12.1. The van der Waals surface area contributed by atoms with Crippen LogP contribution in [0.3, 0.4) is 0 Å². The van der Waals surface area contributed by atoms with Crippen molar-refractivity contribution in [1.82, 2.24) is 5.32 Å². The number of methoxy groups -OCH3 is 2. The molecule has 0 aliphatic carbocycles. The molecule has 0 saturated carbocycles. The van der Waals surface area contributed by atoms with Crippen molar-refractivity contribution in [2.45, 2.75) is 6.10 Å². The molecule has 0 radical (unpaired) electrons. The highest BCUT2D eigenvalue weighted by Crippen LogP contribution is 2.29. The van der Waals surface area contributed by atoms with E-state index in [4.69, 9.17) is 9.47 Å². The summed E-state index contributed by atoms with van der Waals surface area (Å²) in [5.41, 5.74) is 1.32. The van der Waals surface area contributed by atoms with Crippen molar-refractivity contribution in [2.75, 3.05) is 20.8 Å². The first kappa shape index (κ1) is 19.1. The van der Waals surface area contributed by atoms with Crippen LogP contribution in [0, 0.1) is 0 Å². The van der Waals surface area contributed by atoms with Crippen molar-refractivity contribution in [2.24, 2.45) is 0 Å². The van der Waals surface area contributed by atoms with Crippen LogP contribution in [0.4, 0.5) is 0 Å². The minimum atomic E-state index is -0.479. The summed E-state index contributed by atoms with van der Waals surface area (Å²) < 4.78 is 10.3. The molecular formula is C19H21NO6. The molecule has 0 spiro atoms. The number of nitrogens with one attached hydrogen (secondary N) is 1. The van der Waals surface area contributed by atoms with Crippen LogP contribution >= 0.6 is 0 Å². The molecule has 0 aromatic heterocycles. The van der Waals surface area contributed by atoms with E-state index in [1.807, 2.05) is 0 Å². The molecule has 0 bridgehead atoms. The van der Waals surface area contributed by atoms with Gasteiger partial charge in [-0.1, -0.05) is 12.1 Å². The first-order chi connectivity index (χ1) is 12.4. The highest BCUT2D eigenvalue weighted by molar-refractivity contribution is 5.91. The van der Waals surface area contributed by atoms with Crippen LogP contribution in [0.1, 0.15) is 17.2 Å². The van der Waals surface area contributed by atoms with Crippen LogP contribution in [0.2, 0.25) is 0 Å². The molecule has 1 amide bonds. The molecule has 2 aromatic carbocycles. The van der Waals surface area contributed by atoms with Crippen LogP contribution in [0.5, 0.6) is 23.0 Å². The van der Waals surface area contributed by atoms with Gasteiger partial charge in [0.15, 0.2) is 23.0 Å². The summed E-state index contributed by atoms with van der Waals surface area (Å²) in [6.07, 6.45) is 2.46. The molecule has 138 valence electrons. The number of phenols is 3. The summed E-state index contributed by atoms with van der Waals surface area (Å²) in [5.74, 6) is -0.465. The SMILES string of the molecule is COc1cc(/C=C/C(=O)NCC(OC)c2ccc(O)c(O)c2)ccc1O. The van der Waals surface area contributed by atoms with Crippen molar-refractivity contribution in [1.29, 1.82) is 0 Å². The second kappa shape index (κ2) is 8.77. The Labute approximate surface area is 151 Å². The minimum absolute atomic E-state index is 0.0224. The Morgan fingerprint density at radius 1 is 1.08 bits per heavy atom. The van der Waals surface area contributed by atoms with Crippen LogP contribution in [-0.4, -0.2) is 42.0 Å². The number of ether oxygens (including phenoxy) is 2. The Hall–Kier alpha value is -3.19. The number of amides is 1. The van der Waals surface area contributed by atoms with Gasteiger partial charge < -0.3 is 30.1 Å². The Balaban J connectivity index is 1.97. The summed E-state index contributed by atoms with van der Waals surface area (Å²) in [4.78, 5) is 12.0.